The Balaban J connectivity index is 2.14. The van der Waals surface area contributed by atoms with E-state index in [9.17, 15) is 14.7 Å². The summed E-state index contributed by atoms with van der Waals surface area (Å²) in [6, 6.07) is -0.877. The third-order valence-electron chi connectivity index (χ3n) is 2.86. The van der Waals surface area contributed by atoms with Gasteiger partial charge >= 0.3 is 5.97 Å². The maximum Gasteiger partial charge on any atom is 0.331 e. The number of unbranched alkanes of at least 4 members (excludes halogenated alkanes) is 4. The Bertz CT molecular complexity index is 267. The minimum absolute atomic E-state index is 0.0275. The number of aliphatic hydroxyl groups is 1. The van der Waals surface area contributed by atoms with Gasteiger partial charge in [0.15, 0.2) is 6.04 Å². The lowest BCUT2D eigenvalue weighted by Crippen LogP contribution is -2.44. The number of carbonyl (C=O) groups is 2. The van der Waals surface area contributed by atoms with Crippen molar-refractivity contribution in [3.8, 4) is 0 Å². The molecule has 0 aromatic carbocycles. The maximum absolute atomic E-state index is 11.5. The lowest BCUT2D eigenvalue weighted by atomic mass is 10.1. The van der Waals surface area contributed by atoms with Crippen LogP contribution in [0.4, 0.5) is 0 Å². The number of esters is 1. The molecular weight excluding hydrogens is 222 g/mol. The van der Waals surface area contributed by atoms with Gasteiger partial charge in [0.2, 0.25) is 5.91 Å². The van der Waals surface area contributed by atoms with E-state index in [-0.39, 0.29) is 12.5 Å². The van der Waals surface area contributed by atoms with Gasteiger partial charge in [-0.05, 0) is 6.42 Å². The lowest BCUT2D eigenvalue weighted by Gasteiger charge is -2.11. The van der Waals surface area contributed by atoms with Crippen LogP contribution in [-0.2, 0) is 14.3 Å². The average Bonchev–Trinajstić information content (AvgIpc) is 2.60. The first-order chi connectivity index (χ1) is 8.15. The second-order valence-corrected chi connectivity index (χ2v) is 4.41. The molecule has 5 nitrogen and oxygen atoms in total. The van der Waals surface area contributed by atoms with Gasteiger partial charge in [0.25, 0.3) is 0 Å². The first kappa shape index (κ1) is 14.0. The number of hydrogen-bond donors (Lipinski definition) is 2. The molecule has 5 heteroatoms. The van der Waals surface area contributed by atoms with Crippen LogP contribution in [0.1, 0.15) is 45.4 Å². The largest absolute Gasteiger partial charge is 0.461 e. The predicted molar refractivity (Wildman–Crippen MR) is 62.3 cm³/mol. The van der Waals surface area contributed by atoms with Gasteiger partial charge in [0.05, 0.1) is 0 Å². The number of rotatable bonds is 7. The number of amides is 1. The molecule has 1 heterocycles. The molecule has 0 saturated carbocycles. The van der Waals surface area contributed by atoms with Gasteiger partial charge in [-0.2, -0.15) is 0 Å². The summed E-state index contributed by atoms with van der Waals surface area (Å²) >= 11 is 0. The summed E-state index contributed by atoms with van der Waals surface area (Å²) in [6.45, 7) is 2.11. The quantitative estimate of drug-likeness (QED) is 0.511. The molecule has 2 atom stereocenters. The van der Waals surface area contributed by atoms with Gasteiger partial charge in [-0.3, -0.25) is 4.79 Å². The van der Waals surface area contributed by atoms with Crippen LogP contribution in [0.5, 0.6) is 0 Å². The van der Waals surface area contributed by atoms with E-state index < -0.39 is 18.1 Å². The molecule has 0 radical (unpaired) electrons. The highest BCUT2D eigenvalue weighted by Gasteiger charge is 2.36. The van der Waals surface area contributed by atoms with E-state index in [0.717, 1.165) is 19.3 Å². The topological polar surface area (TPSA) is 75.6 Å². The van der Waals surface area contributed by atoms with Crippen LogP contribution in [0.2, 0.25) is 0 Å². The lowest BCUT2D eigenvalue weighted by molar-refractivity contribution is -0.141. The van der Waals surface area contributed by atoms with Crippen molar-refractivity contribution >= 4 is 11.9 Å². The highest BCUT2D eigenvalue weighted by atomic mass is 16.6. The van der Waals surface area contributed by atoms with Crippen LogP contribution in [0.25, 0.3) is 0 Å². The van der Waals surface area contributed by atoms with Crippen molar-refractivity contribution in [3.63, 3.8) is 0 Å². The van der Waals surface area contributed by atoms with Crippen molar-refractivity contribution in [2.24, 2.45) is 0 Å². The fourth-order valence-electron chi connectivity index (χ4n) is 1.80. The van der Waals surface area contributed by atoms with E-state index in [2.05, 4.69) is 17.0 Å². The van der Waals surface area contributed by atoms with Crippen molar-refractivity contribution < 1.29 is 19.4 Å². The molecule has 1 rings (SSSR count). The SMILES string of the molecule is CCCCCCCC(=O)N[C@@H]1C(=O)OCC1O. The van der Waals surface area contributed by atoms with Gasteiger partial charge in [-0.1, -0.05) is 32.6 Å². The molecule has 0 aromatic rings. The monoisotopic (exact) mass is 243 g/mol. The molecule has 1 unspecified atom stereocenters. The van der Waals surface area contributed by atoms with Gasteiger partial charge in [-0.25, -0.2) is 4.79 Å². The summed E-state index contributed by atoms with van der Waals surface area (Å²) in [5.41, 5.74) is 0. The zero-order valence-electron chi connectivity index (χ0n) is 10.3. The number of cyclic esters (lactones) is 1. The number of carbonyl (C=O) groups excluding carboxylic acids is 2. The van der Waals surface area contributed by atoms with Crippen molar-refractivity contribution in [2.45, 2.75) is 57.6 Å². The van der Waals surface area contributed by atoms with Gasteiger partial charge in [0.1, 0.15) is 12.7 Å². The number of nitrogens with one attached hydrogen (secondary N) is 1. The van der Waals surface area contributed by atoms with Crippen LogP contribution in [0.15, 0.2) is 0 Å². The van der Waals surface area contributed by atoms with Crippen molar-refractivity contribution in [2.75, 3.05) is 6.61 Å². The molecule has 0 bridgehead atoms. The number of aliphatic hydroxyl groups excluding tert-OH is 1. The molecule has 0 aliphatic carbocycles. The van der Waals surface area contributed by atoms with E-state index in [1.807, 2.05) is 0 Å². The molecule has 1 amide bonds. The average molecular weight is 243 g/mol. The third-order valence-corrected chi connectivity index (χ3v) is 2.86. The third kappa shape index (κ3) is 4.73. The van der Waals surface area contributed by atoms with Crippen molar-refractivity contribution in [1.29, 1.82) is 0 Å². The minimum atomic E-state index is -0.911. The number of hydrogen-bond acceptors (Lipinski definition) is 4. The first-order valence-corrected chi connectivity index (χ1v) is 6.29. The van der Waals surface area contributed by atoms with Gasteiger partial charge in [0, 0.05) is 6.42 Å². The maximum atomic E-state index is 11.5. The molecular formula is C12H21NO4. The first-order valence-electron chi connectivity index (χ1n) is 6.29. The fourth-order valence-corrected chi connectivity index (χ4v) is 1.80. The Kier molecular flexibility index (Phi) is 5.97. The van der Waals surface area contributed by atoms with Crippen molar-refractivity contribution in [3.05, 3.63) is 0 Å². The molecule has 1 aliphatic heterocycles. The predicted octanol–water partition coefficient (Wildman–Crippen LogP) is 0.749. The van der Waals surface area contributed by atoms with Crippen LogP contribution in [-0.4, -0.2) is 35.7 Å². The fraction of sp³-hybridized carbons (Fsp3) is 0.833. The molecule has 0 spiro atoms. The van der Waals surface area contributed by atoms with Gasteiger partial charge < -0.3 is 15.2 Å². The van der Waals surface area contributed by atoms with Crippen molar-refractivity contribution in [1.82, 2.24) is 5.32 Å². The van der Waals surface area contributed by atoms with E-state index in [1.165, 1.54) is 12.8 Å². The summed E-state index contributed by atoms with van der Waals surface area (Å²) < 4.78 is 4.63. The zero-order valence-corrected chi connectivity index (χ0v) is 10.3. The smallest absolute Gasteiger partial charge is 0.331 e. The summed E-state index contributed by atoms with van der Waals surface area (Å²) in [5.74, 6) is -0.735. The summed E-state index contributed by atoms with van der Waals surface area (Å²) in [4.78, 5) is 22.6. The van der Waals surface area contributed by atoms with Crippen LogP contribution in [0.3, 0.4) is 0 Å². The Morgan fingerprint density at radius 3 is 2.71 bits per heavy atom. The Hall–Kier alpha value is -1.10. The molecule has 1 fully saturated rings. The van der Waals surface area contributed by atoms with Crippen LogP contribution < -0.4 is 5.32 Å². The van der Waals surface area contributed by atoms with E-state index in [4.69, 9.17) is 0 Å². The van der Waals surface area contributed by atoms with Crippen LogP contribution in [0, 0.1) is 0 Å². The normalized spacial score (nSPS) is 23.5. The molecule has 1 aliphatic rings. The van der Waals surface area contributed by atoms with Gasteiger partial charge in [-0.15, -0.1) is 0 Å². The standard InChI is InChI=1S/C12H21NO4/c1-2-3-4-5-6-7-10(15)13-11-9(14)8-17-12(11)16/h9,11,14H,2-8H2,1H3,(H,13,15)/t9?,11-/m0/s1. The summed E-state index contributed by atoms with van der Waals surface area (Å²) in [7, 11) is 0. The van der Waals surface area contributed by atoms with E-state index >= 15 is 0 Å². The van der Waals surface area contributed by atoms with E-state index in [1.54, 1.807) is 0 Å². The molecule has 17 heavy (non-hydrogen) atoms. The zero-order chi connectivity index (χ0) is 12.7. The minimum Gasteiger partial charge on any atom is -0.461 e. The Morgan fingerprint density at radius 2 is 2.12 bits per heavy atom. The summed E-state index contributed by atoms with van der Waals surface area (Å²) in [6.07, 6.45) is 4.84. The molecule has 98 valence electrons. The highest BCUT2D eigenvalue weighted by molar-refractivity contribution is 5.86. The van der Waals surface area contributed by atoms with E-state index in [0.29, 0.717) is 6.42 Å². The molecule has 0 aromatic heterocycles. The Labute approximate surface area is 102 Å². The molecule has 2 N–H and O–H groups in total. The molecule has 1 saturated heterocycles. The number of ether oxygens (including phenoxy) is 1. The van der Waals surface area contributed by atoms with Crippen LogP contribution >= 0.6 is 0 Å². The second-order valence-electron chi connectivity index (χ2n) is 4.41. The summed E-state index contributed by atoms with van der Waals surface area (Å²) in [5, 5.41) is 11.9. The Morgan fingerprint density at radius 1 is 1.41 bits per heavy atom. The second kappa shape index (κ2) is 7.27. The highest BCUT2D eigenvalue weighted by Crippen LogP contribution is 2.09.